The van der Waals surface area contributed by atoms with Crippen LogP contribution in [0.2, 0.25) is 0 Å². The first-order chi connectivity index (χ1) is 15.2. The number of benzene rings is 2. The molecule has 1 N–H and O–H groups in total. The van der Waals surface area contributed by atoms with Crippen LogP contribution >= 0.6 is 0 Å². The first-order valence-electron chi connectivity index (χ1n) is 9.79. The van der Waals surface area contributed by atoms with Crippen LogP contribution in [0.4, 0.5) is 0 Å². The summed E-state index contributed by atoms with van der Waals surface area (Å²) in [7, 11) is 0. The van der Waals surface area contributed by atoms with Crippen molar-refractivity contribution in [2.24, 2.45) is 0 Å². The van der Waals surface area contributed by atoms with Crippen LogP contribution in [-0.2, 0) is 17.9 Å². The number of aromatic nitrogens is 2. The van der Waals surface area contributed by atoms with Gasteiger partial charge in [-0.25, -0.2) is 4.68 Å². The van der Waals surface area contributed by atoms with Gasteiger partial charge < -0.3 is 24.3 Å². The quantitative estimate of drug-likeness (QED) is 0.670. The Bertz CT molecular complexity index is 1210. The standard InChI is InChI=1S/C22H19N3O6/c26-21(23-11-14-1-4-18-19(9-14)31-13-30-18)12-25-22(27)6-3-16(24-25)15-2-5-17-20(10-15)29-8-7-28-17/h1-6,9-10H,7-8,11-13H2,(H,23,26). The number of hydrogen-bond acceptors (Lipinski definition) is 7. The fraction of sp³-hybridized carbons (Fsp3) is 0.227. The summed E-state index contributed by atoms with van der Waals surface area (Å²) in [5.74, 6) is 2.31. The van der Waals surface area contributed by atoms with Gasteiger partial charge in [0.15, 0.2) is 23.0 Å². The normalized spacial score (nSPS) is 13.7. The number of amides is 1. The van der Waals surface area contributed by atoms with Gasteiger partial charge in [0.1, 0.15) is 19.8 Å². The van der Waals surface area contributed by atoms with E-state index >= 15 is 0 Å². The molecule has 3 aromatic rings. The highest BCUT2D eigenvalue weighted by Crippen LogP contribution is 2.34. The van der Waals surface area contributed by atoms with Crippen LogP contribution in [-0.4, -0.2) is 35.7 Å². The van der Waals surface area contributed by atoms with Crippen LogP contribution in [0.3, 0.4) is 0 Å². The molecule has 0 aliphatic carbocycles. The van der Waals surface area contributed by atoms with Crippen molar-refractivity contribution in [3.63, 3.8) is 0 Å². The molecule has 2 aliphatic heterocycles. The van der Waals surface area contributed by atoms with E-state index in [1.165, 1.54) is 6.07 Å². The largest absolute Gasteiger partial charge is 0.486 e. The minimum Gasteiger partial charge on any atom is -0.486 e. The number of nitrogens with zero attached hydrogens (tertiary/aromatic N) is 2. The van der Waals surface area contributed by atoms with Gasteiger partial charge in [-0.15, -0.1) is 0 Å². The molecule has 9 nitrogen and oxygen atoms in total. The second kappa shape index (κ2) is 8.02. The summed E-state index contributed by atoms with van der Waals surface area (Å²) in [6, 6.07) is 13.9. The Hall–Kier alpha value is -4.01. The lowest BCUT2D eigenvalue weighted by Crippen LogP contribution is -2.33. The second-order valence-corrected chi connectivity index (χ2v) is 7.04. The van der Waals surface area contributed by atoms with Crippen LogP contribution < -0.4 is 29.8 Å². The molecule has 0 saturated heterocycles. The van der Waals surface area contributed by atoms with Gasteiger partial charge in [-0.1, -0.05) is 6.07 Å². The van der Waals surface area contributed by atoms with Crippen molar-refractivity contribution in [2.45, 2.75) is 13.1 Å². The van der Waals surface area contributed by atoms with E-state index < -0.39 is 0 Å². The molecule has 1 aromatic heterocycles. The summed E-state index contributed by atoms with van der Waals surface area (Å²) in [4.78, 5) is 24.6. The number of carbonyl (C=O) groups is 1. The van der Waals surface area contributed by atoms with E-state index in [2.05, 4.69) is 10.4 Å². The Kier molecular flexibility index (Phi) is 4.91. The molecule has 5 rings (SSSR count). The van der Waals surface area contributed by atoms with E-state index in [9.17, 15) is 9.59 Å². The summed E-state index contributed by atoms with van der Waals surface area (Å²) in [5.41, 5.74) is 1.82. The molecule has 1 amide bonds. The van der Waals surface area contributed by atoms with E-state index in [-0.39, 0.29) is 24.8 Å². The second-order valence-electron chi connectivity index (χ2n) is 7.04. The molecule has 3 heterocycles. The summed E-state index contributed by atoms with van der Waals surface area (Å²) < 4.78 is 22.9. The maximum atomic E-state index is 12.4. The van der Waals surface area contributed by atoms with Crippen molar-refractivity contribution >= 4 is 5.91 Å². The van der Waals surface area contributed by atoms with E-state index in [0.29, 0.717) is 48.5 Å². The molecule has 0 bridgehead atoms. The van der Waals surface area contributed by atoms with Crippen molar-refractivity contribution in [1.82, 2.24) is 15.1 Å². The number of nitrogens with one attached hydrogen (secondary N) is 1. The van der Waals surface area contributed by atoms with Gasteiger partial charge in [-0.2, -0.15) is 5.10 Å². The van der Waals surface area contributed by atoms with E-state index in [0.717, 1.165) is 15.8 Å². The highest BCUT2D eigenvalue weighted by atomic mass is 16.7. The van der Waals surface area contributed by atoms with E-state index in [1.54, 1.807) is 18.2 Å². The molecule has 0 spiro atoms. The van der Waals surface area contributed by atoms with Gasteiger partial charge >= 0.3 is 0 Å². The number of fused-ring (bicyclic) bond motifs is 2. The summed E-state index contributed by atoms with van der Waals surface area (Å²) in [5, 5.41) is 7.14. The highest BCUT2D eigenvalue weighted by Gasteiger charge is 2.15. The zero-order valence-corrected chi connectivity index (χ0v) is 16.5. The van der Waals surface area contributed by atoms with Crippen LogP contribution in [0.25, 0.3) is 11.3 Å². The summed E-state index contributed by atoms with van der Waals surface area (Å²) in [6.45, 7) is 1.29. The van der Waals surface area contributed by atoms with Gasteiger partial charge in [0, 0.05) is 18.2 Å². The van der Waals surface area contributed by atoms with E-state index in [1.807, 2.05) is 24.3 Å². The van der Waals surface area contributed by atoms with Gasteiger partial charge in [-0.05, 0) is 42.0 Å². The highest BCUT2D eigenvalue weighted by molar-refractivity contribution is 5.75. The lowest BCUT2D eigenvalue weighted by Gasteiger charge is -2.18. The topological polar surface area (TPSA) is 101 Å². The van der Waals surface area contributed by atoms with Crippen LogP contribution in [0.15, 0.2) is 53.3 Å². The molecule has 9 heteroatoms. The Morgan fingerprint density at radius 3 is 2.55 bits per heavy atom. The lowest BCUT2D eigenvalue weighted by atomic mass is 10.1. The molecule has 2 aromatic carbocycles. The monoisotopic (exact) mass is 421 g/mol. The molecule has 0 radical (unpaired) electrons. The molecular weight excluding hydrogens is 402 g/mol. The molecule has 0 atom stereocenters. The maximum absolute atomic E-state index is 12.4. The number of hydrogen-bond donors (Lipinski definition) is 1. The van der Waals surface area contributed by atoms with Gasteiger partial charge in [-0.3, -0.25) is 9.59 Å². The minimum atomic E-state index is -0.362. The first-order valence-corrected chi connectivity index (χ1v) is 9.79. The minimum absolute atomic E-state index is 0.193. The van der Waals surface area contributed by atoms with Crippen LogP contribution in [0.1, 0.15) is 5.56 Å². The fourth-order valence-corrected chi connectivity index (χ4v) is 3.36. The third-order valence-electron chi connectivity index (χ3n) is 4.92. The van der Waals surface area contributed by atoms with Crippen molar-refractivity contribution in [2.75, 3.05) is 20.0 Å². The van der Waals surface area contributed by atoms with Gasteiger partial charge in [0.05, 0.1) is 5.69 Å². The third-order valence-corrected chi connectivity index (χ3v) is 4.92. The Balaban J connectivity index is 1.28. The molecule has 0 saturated carbocycles. The summed E-state index contributed by atoms with van der Waals surface area (Å²) in [6.07, 6.45) is 0. The molecule has 2 aliphatic rings. The molecule has 0 unspecified atom stereocenters. The summed E-state index contributed by atoms with van der Waals surface area (Å²) >= 11 is 0. The fourth-order valence-electron chi connectivity index (χ4n) is 3.36. The number of ether oxygens (including phenoxy) is 4. The van der Waals surface area contributed by atoms with Gasteiger partial charge in [0.25, 0.3) is 5.56 Å². The van der Waals surface area contributed by atoms with Crippen LogP contribution in [0.5, 0.6) is 23.0 Å². The molecular formula is C22H19N3O6. The lowest BCUT2D eigenvalue weighted by molar-refractivity contribution is -0.122. The first kappa shape index (κ1) is 19.0. The van der Waals surface area contributed by atoms with E-state index in [4.69, 9.17) is 18.9 Å². The average molecular weight is 421 g/mol. The van der Waals surface area contributed by atoms with Crippen molar-refractivity contribution in [3.05, 3.63) is 64.4 Å². The zero-order valence-electron chi connectivity index (χ0n) is 16.5. The predicted octanol–water partition coefficient (Wildman–Crippen LogP) is 1.73. The predicted molar refractivity (Wildman–Crippen MR) is 109 cm³/mol. The number of carbonyl (C=O) groups excluding carboxylic acids is 1. The van der Waals surface area contributed by atoms with Gasteiger partial charge in [0.2, 0.25) is 12.7 Å². The van der Waals surface area contributed by atoms with Crippen LogP contribution in [0, 0.1) is 0 Å². The molecule has 0 fully saturated rings. The van der Waals surface area contributed by atoms with Crippen molar-refractivity contribution in [1.29, 1.82) is 0 Å². The third kappa shape index (κ3) is 4.02. The van der Waals surface area contributed by atoms with Crippen molar-refractivity contribution < 1.29 is 23.7 Å². The zero-order chi connectivity index (χ0) is 21.2. The Morgan fingerprint density at radius 1 is 0.903 bits per heavy atom. The Labute approximate surface area is 177 Å². The SMILES string of the molecule is O=C(Cn1nc(-c2ccc3c(c2)OCCO3)ccc1=O)NCc1ccc2c(c1)OCO2. The molecule has 158 valence electrons. The molecule has 31 heavy (non-hydrogen) atoms. The average Bonchev–Trinajstić information content (AvgIpc) is 3.27. The van der Waals surface area contributed by atoms with Crippen molar-refractivity contribution in [3.8, 4) is 34.3 Å². The smallest absolute Gasteiger partial charge is 0.267 e. The Morgan fingerprint density at radius 2 is 1.65 bits per heavy atom. The number of rotatable bonds is 5. The maximum Gasteiger partial charge on any atom is 0.267 e.